The third-order valence-electron chi connectivity index (χ3n) is 1.29. The Labute approximate surface area is 89.7 Å². The van der Waals surface area contributed by atoms with Gasteiger partial charge in [0.1, 0.15) is 7.80 Å². The highest BCUT2D eigenvalue weighted by Gasteiger charge is 2.24. The number of alkyl halides is 1. The van der Waals surface area contributed by atoms with E-state index in [0.29, 0.717) is 6.61 Å². The number of hydrogen-bond acceptors (Lipinski definition) is 4. The lowest BCUT2D eigenvalue weighted by atomic mass is 10.5. The van der Waals surface area contributed by atoms with Crippen LogP contribution in [0, 0.1) is 0 Å². The van der Waals surface area contributed by atoms with Gasteiger partial charge in [0.15, 0.2) is 5.12 Å². The number of carbonyl (C=O) groups is 1. The Morgan fingerprint density at radius 1 is 1.50 bits per heavy atom. The Bertz CT molecular complexity index is 208. The molecule has 0 aliphatic heterocycles. The highest BCUT2D eigenvalue weighted by atomic mass is 35.5. The van der Waals surface area contributed by atoms with Crippen molar-refractivity contribution in [2.75, 3.05) is 13.0 Å². The molecule has 0 bridgehead atoms. The molecule has 0 rings (SSSR count). The summed E-state index contributed by atoms with van der Waals surface area (Å²) in [5, 5.41) is -1.08. The Morgan fingerprint density at radius 3 is 2.50 bits per heavy atom. The second kappa shape index (κ2) is 7.27. The van der Waals surface area contributed by atoms with Crippen LogP contribution in [0.25, 0.3) is 0 Å². The fourth-order valence-electron chi connectivity index (χ4n) is 0.699. The van der Waals surface area contributed by atoms with Crippen LogP contribution in [0.5, 0.6) is 0 Å². The van der Waals surface area contributed by atoms with Crippen molar-refractivity contribution < 1.29 is 18.8 Å². The predicted octanol–water partition coefficient (Wildman–Crippen LogP) is 2.06. The van der Waals surface area contributed by atoms with Gasteiger partial charge in [-0.2, -0.15) is 0 Å². The smallest absolute Gasteiger partial charge is 0.331 e. The first-order valence-corrected chi connectivity index (χ1v) is 6.57. The largest absolute Gasteiger partial charge is 0.462 e. The molecule has 0 saturated heterocycles. The maximum atomic E-state index is 11.4. The minimum Gasteiger partial charge on any atom is -0.462 e. The van der Waals surface area contributed by atoms with E-state index in [1.807, 2.05) is 0 Å². The van der Waals surface area contributed by atoms with E-state index in [1.54, 1.807) is 20.8 Å². The second-order valence-electron chi connectivity index (χ2n) is 2.95. The minimum atomic E-state index is -2.26. The summed E-state index contributed by atoms with van der Waals surface area (Å²) in [4.78, 5) is 11.2. The van der Waals surface area contributed by atoms with E-state index in [2.05, 4.69) is 0 Å². The molecular weight excluding hydrogens is 227 g/mol. The van der Waals surface area contributed by atoms with Crippen molar-refractivity contribution in [2.45, 2.75) is 32.0 Å². The van der Waals surface area contributed by atoms with Gasteiger partial charge in [-0.25, -0.2) is 4.79 Å². The number of rotatable bonds is 6. The third kappa shape index (κ3) is 5.63. The van der Waals surface area contributed by atoms with E-state index in [4.69, 9.17) is 21.1 Å². The van der Waals surface area contributed by atoms with Crippen molar-refractivity contribution in [1.29, 1.82) is 0 Å². The molecule has 0 aliphatic rings. The van der Waals surface area contributed by atoms with Crippen molar-refractivity contribution >= 4 is 25.4 Å². The molecule has 0 heterocycles. The van der Waals surface area contributed by atoms with Crippen LogP contribution in [0.1, 0.15) is 20.8 Å². The molecule has 14 heavy (non-hydrogen) atoms. The minimum absolute atomic E-state index is 0.0303. The molecule has 0 aliphatic carbocycles. The summed E-state index contributed by atoms with van der Waals surface area (Å²) in [7, 11) is -2.26. The Morgan fingerprint density at radius 2 is 2.07 bits per heavy atom. The molecule has 6 heteroatoms. The summed E-state index contributed by atoms with van der Waals surface area (Å²) >= 11 is 5.64. The molecular formula is C8H16ClO4P. The highest BCUT2D eigenvalue weighted by Crippen LogP contribution is 2.32. The van der Waals surface area contributed by atoms with Crippen LogP contribution in [-0.2, 0) is 18.8 Å². The molecule has 0 spiro atoms. The van der Waals surface area contributed by atoms with Crippen molar-refractivity contribution in [2.24, 2.45) is 0 Å². The Kier molecular flexibility index (Phi) is 7.24. The number of esters is 1. The van der Waals surface area contributed by atoms with Crippen molar-refractivity contribution in [3.8, 4) is 0 Å². The first-order valence-electron chi connectivity index (χ1n) is 4.44. The zero-order valence-electron chi connectivity index (χ0n) is 8.58. The molecule has 0 amide bonds. The molecule has 0 aromatic carbocycles. The number of ether oxygens (including phenoxy) is 2. The number of hydrogen-bond donors (Lipinski definition) is 0. The van der Waals surface area contributed by atoms with E-state index in [1.165, 1.54) is 0 Å². The lowest BCUT2D eigenvalue weighted by molar-refractivity contribution is -0.145. The molecule has 4 nitrogen and oxygen atoms in total. The van der Waals surface area contributed by atoms with E-state index >= 15 is 0 Å². The molecule has 2 atom stereocenters. The van der Waals surface area contributed by atoms with Crippen molar-refractivity contribution in [3.05, 3.63) is 0 Å². The summed E-state index contributed by atoms with van der Waals surface area (Å²) in [6.07, 6.45) is -0.214. The lowest BCUT2D eigenvalue weighted by Gasteiger charge is -2.12. The molecule has 0 fully saturated rings. The average Bonchev–Trinajstić information content (AvgIpc) is 2.11. The first kappa shape index (κ1) is 13.9. The highest BCUT2D eigenvalue weighted by molar-refractivity contribution is 7.48. The average molecular weight is 243 g/mol. The summed E-state index contributed by atoms with van der Waals surface area (Å²) in [6, 6.07) is 0. The fraction of sp³-hybridized carbons (Fsp3) is 0.875. The van der Waals surface area contributed by atoms with Gasteiger partial charge in [-0.1, -0.05) is 0 Å². The van der Waals surface area contributed by atoms with Crippen molar-refractivity contribution in [1.82, 2.24) is 0 Å². The fourth-order valence-corrected chi connectivity index (χ4v) is 1.82. The summed E-state index contributed by atoms with van der Waals surface area (Å²) < 4.78 is 21.1. The van der Waals surface area contributed by atoms with Crippen molar-refractivity contribution in [3.63, 3.8) is 0 Å². The number of carbonyl (C=O) groups excluding carboxylic acids is 1. The molecule has 2 unspecified atom stereocenters. The van der Waals surface area contributed by atoms with Gasteiger partial charge in [-0.05, 0) is 20.8 Å². The van der Waals surface area contributed by atoms with Crippen LogP contribution in [0.4, 0.5) is 0 Å². The third-order valence-corrected chi connectivity index (χ3v) is 3.49. The van der Waals surface area contributed by atoms with E-state index in [-0.39, 0.29) is 12.5 Å². The molecule has 0 aromatic heterocycles. The topological polar surface area (TPSA) is 52.6 Å². The summed E-state index contributed by atoms with van der Waals surface area (Å²) in [5.41, 5.74) is 0. The van der Waals surface area contributed by atoms with Gasteiger partial charge in [0, 0.05) is 6.61 Å². The zero-order valence-corrected chi connectivity index (χ0v) is 10.3. The summed E-state index contributed by atoms with van der Waals surface area (Å²) in [6.45, 7) is 5.66. The zero-order chi connectivity index (χ0) is 11.1. The van der Waals surface area contributed by atoms with Crippen LogP contribution in [0.3, 0.4) is 0 Å². The van der Waals surface area contributed by atoms with Gasteiger partial charge in [0.25, 0.3) is 0 Å². The predicted molar refractivity (Wildman–Crippen MR) is 56.4 cm³/mol. The Hall–Kier alpha value is -0.0500. The monoisotopic (exact) mass is 242 g/mol. The Balaban J connectivity index is 3.97. The molecule has 0 saturated carbocycles. The summed E-state index contributed by atoms with van der Waals surface area (Å²) in [5.74, 6) is -0.634. The maximum absolute atomic E-state index is 11.4. The van der Waals surface area contributed by atoms with Crippen LogP contribution in [-0.4, -0.2) is 30.1 Å². The normalized spacial score (nSPS) is 15.2. The van der Waals surface area contributed by atoms with Gasteiger partial charge in [0.05, 0.1) is 12.5 Å². The van der Waals surface area contributed by atoms with Gasteiger partial charge in [0.2, 0.25) is 0 Å². The standard InChI is InChI=1S/C8H16ClO4P/c1-4-12-5-14(11)7(9)8(10)13-6(2)3/h6-7,14H,4-5H2,1-3H3. The molecule has 0 aromatic rings. The van der Waals surface area contributed by atoms with E-state index in [0.717, 1.165) is 0 Å². The molecule has 84 valence electrons. The maximum Gasteiger partial charge on any atom is 0.331 e. The molecule has 0 radical (unpaired) electrons. The quantitative estimate of drug-likeness (QED) is 0.406. The molecule has 0 N–H and O–H groups in total. The second-order valence-corrected chi connectivity index (χ2v) is 5.55. The van der Waals surface area contributed by atoms with E-state index < -0.39 is 18.9 Å². The van der Waals surface area contributed by atoms with Crippen LogP contribution >= 0.6 is 19.4 Å². The van der Waals surface area contributed by atoms with Crippen LogP contribution in [0.15, 0.2) is 0 Å². The van der Waals surface area contributed by atoms with Crippen LogP contribution in [0.2, 0.25) is 0 Å². The first-order chi connectivity index (χ1) is 6.49. The van der Waals surface area contributed by atoms with Gasteiger partial charge >= 0.3 is 5.97 Å². The van der Waals surface area contributed by atoms with E-state index in [9.17, 15) is 9.36 Å². The van der Waals surface area contributed by atoms with Gasteiger partial charge < -0.3 is 14.0 Å². The lowest BCUT2D eigenvalue weighted by Crippen LogP contribution is -2.19. The number of halogens is 1. The van der Waals surface area contributed by atoms with Crippen LogP contribution < -0.4 is 0 Å². The van der Waals surface area contributed by atoms with Gasteiger partial charge in [-0.15, -0.1) is 11.6 Å². The van der Waals surface area contributed by atoms with Gasteiger partial charge in [-0.3, -0.25) is 0 Å². The SMILES string of the molecule is CCOC[PH](=O)C(Cl)C(=O)OC(C)C.